The van der Waals surface area contributed by atoms with Gasteiger partial charge in [0, 0.05) is 23.5 Å². The van der Waals surface area contributed by atoms with Crippen LogP contribution in [0.15, 0.2) is 22.7 Å². The van der Waals surface area contributed by atoms with Crippen molar-refractivity contribution in [3.05, 3.63) is 49.8 Å². The number of nitrogens with one attached hydrogen (secondary N) is 1. The normalized spacial score (nSPS) is 10.7. The largest absolute Gasteiger partial charge is 0.372 e. The van der Waals surface area contributed by atoms with Crippen molar-refractivity contribution in [3.8, 4) is 0 Å². The van der Waals surface area contributed by atoms with Crippen molar-refractivity contribution in [2.24, 2.45) is 0 Å². The highest BCUT2D eigenvalue weighted by atomic mass is 79.9. The van der Waals surface area contributed by atoms with E-state index in [1.807, 2.05) is 19.2 Å². The third-order valence-electron chi connectivity index (χ3n) is 3.05. The number of benzene rings is 1. The molecule has 3 nitrogen and oxygen atoms in total. The predicted molar refractivity (Wildman–Crippen MR) is 92.5 cm³/mol. The van der Waals surface area contributed by atoms with Crippen molar-refractivity contribution in [2.75, 3.05) is 12.4 Å². The van der Waals surface area contributed by atoms with E-state index in [0.29, 0.717) is 16.5 Å². The molecule has 6 heteroatoms. The summed E-state index contributed by atoms with van der Waals surface area (Å²) in [5, 5.41) is 4.36. The summed E-state index contributed by atoms with van der Waals surface area (Å²) in [6, 6.07) is 5.48. The van der Waals surface area contributed by atoms with Gasteiger partial charge in [0.05, 0.1) is 10.2 Å². The molecule has 1 heterocycles. The summed E-state index contributed by atoms with van der Waals surface area (Å²) in [7, 11) is 1.85. The van der Waals surface area contributed by atoms with Crippen LogP contribution in [0.4, 0.5) is 5.82 Å². The van der Waals surface area contributed by atoms with Crippen molar-refractivity contribution in [2.45, 2.75) is 26.2 Å². The Kier molecular flexibility index (Phi) is 5.85. The van der Waals surface area contributed by atoms with Crippen LogP contribution < -0.4 is 5.32 Å². The van der Waals surface area contributed by atoms with Gasteiger partial charge in [-0.2, -0.15) is 0 Å². The first-order chi connectivity index (χ1) is 10.0. The van der Waals surface area contributed by atoms with E-state index >= 15 is 0 Å². The number of hydrogen-bond acceptors (Lipinski definition) is 3. The average molecular weight is 389 g/mol. The lowest BCUT2D eigenvalue weighted by atomic mass is 10.1. The van der Waals surface area contributed by atoms with E-state index in [1.165, 1.54) is 0 Å². The number of halogens is 3. The third kappa shape index (κ3) is 4.09. The van der Waals surface area contributed by atoms with Crippen LogP contribution in [-0.2, 0) is 12.8 Å². The van der Waals surface area contributed by atoms with Crippen molar-refractivity contribution in [1.29, 1.82) is 0 Å². The Morgan fingerprint density at radius 3 is 2.62 bits per heavy atom. The maximum absolute atomic E-state index is 6.22. The number of anilines is 1. The fourth-order valence-electron chi connectivity index (χ4n) is 2.03. The van der Waals surface area contributed by atoms with Crippen LogP contribution in [0.5, 0.6) is 0 Å². The summed E-state index contributed by atoms with van der Waals surface area (Å²) in [5.41, 5.74) is 1.98. The average Bonchev–Trinajstić information content (AvgIpc) is 2.45. The Morgan fingerprint density at radius 1 is 1.24 bits per heavy atom. The Balaban J connectivity index is 2.37. The molecule has 0 fully saturated rings. The zero-order valence-electron chi connectivity index (χ0n) is 11.9. The molecule has 2 aromatic rings. The third-order valence-corrected chi connectivity index (χ3v) is 4.47. The molecule has 0 radical (unpaired) electrons. The molecule has 0 bridgehead atoms. The number of nitrogens with zero attached hydrogens (tertiary/aromatic N) is 2. The van der Waals surface area contributed by atoms with Gasteiger partial charge in [0.2, 0.25) is 0 Å². The Labute approximate surface area is 143 Å². The minimum absolute atomic E-state index is 0.578. The first-order valence-corrected chi connectivity index (χ1v) is 8.27. The lowest BCUT2D eigenvalue weighted by Gasteiger charge is -2.11. The molecule has 1 N–H and O–H groups in total. The molecule has 0 saturated carbocycles. The molecule has 1 aromatic heterocycles. The van der Waals surface area contributed by atoms with Crippen LogP contribution in [0, 0.1) is 0 Å². The van der Waals surface area contributed by atoms with Crippen LogP contribution >= 0.6 is 39.1 Å². The molecule has 112 valence electrons. The molecule has 1 aromatic carbocycles. The Hall–Kier alpha value is -0.840. The van der Waals surface area contributed by atoms with Gasteiger partial charge >= 0.3 is 0 Å². The fraction of sp³-hybridized carbons (Fsp3) is 0.333. The summed E-state index contributed by atoms with van der Waals surface area (Å²) in [6.07, 6.45) is 2.51. The highest BCUT2D eigenvalue weighted by Crippen LogP contribution is 2.27. The first-order valence-electron chi connectivity index (χ1n) is 6.72. The SMILES string of the molecule is CCCc1nc(Cc2ccc(Cl)cc2Cl)nc(NC)c1Br. The van der Waals surface area contributed by atoms with Gasteiger partial charge in [0.15, 0.2) is 0 Å². The van der Waals surface area contributed by atoms with Crippen molar-refractivity contribution < 1.29 is 0 Å². The second-order valence-corrected chi connectivity index (χ2v) is 6.30. The molecule has 0 aliphatic heterocycles. The monoisotopic (exact) mass is 387 g/mol. The number of aromatic nitrogens is 2. The molecular weight excluding hydrogens is 373 g/mol. The zero-order chi connectivity index (χ0) is 15.4. The Morgan fingerprint density at radius 2 is 2.00 bits per heavy atom. The smallest absolute Gasteiger partial charge is 0.144 e. The zero-order valence-corrected chi connectivity index (χ0v) is 15.0. The predicted octanol–water partition coefficient (Wildman–Crippen LogP) is 5.13. The van der Waals surface area contributed by atoms with E-state index in [9.17, 15) is 0 Å². The van der Waals surface area contributed by atoms with Crippen LogP contribution in [0.3, 0.4) is 0 Å². The summed E-state index contributed by atoms with van der Waals surface area (Å²) < 4.78 is 0.929. The van der Waals surface area contributed by atoms with E-state index in [-0.39, 0.29) is 0 Å². The van der Waals surface area contributed by atoms with Crippen LogP contribution in [-0.4, -0.2) is 17.0 Å². The van der Waals surface area contributed by atoms with Crippen molar-refractivity contribution >= 4 is 44.9 Å². The molecule has 0 spiro atoms. The van der Waals surface area contributed by atoms with Crippen LogP contribution in [0.1, 0.15) is 30.4 Å². The van der Waals surface area contributed by atoms with Gasteiger partial charge < -0.3 is 5.32 Å². The standard InChI is InChI=1S/C15H16BrCl2N3/c1-3-4-12-14(16)15(19-2)21-13(20-12)7-9-5-6-10(17)8-11(9)18/h5-6,8H,3-4,7H2,1-2H3,(H,19,20,21). The minimum Gasteiger partial charge on any atom is -0.372 e. The Bertz CT molecular complexity index is 647. The van der Waals surface area contributed by atoms with E-state index in [2.05, 4.69) is 38.1 Å². The quantitative estimate of drug-likeness (QED) is 0.771. The second-order valence-electron chi connectivity index (χ2n) is 4.66. The molecule has 2 rings (SSSR count). The van der Waals surface area contributed by atoms with E-state index in [0.717, 1.165) is 40.2 Å². The maximum atomic E-state index is 6.22. The highest BCUT2D eigenvalue weighted by molar-refractivity contribution is 9.10. The van der Waals surface area contributed by atoms with Gasteiger partial charge in [0.25, 0.3) is 0 Å². The van der Waals surface area contributed by atoms with Gasteiger partial charge in [-0.1, -0.05) is 42.6 Å². The molecule has 0 aliphatic carbocycles. The summed E-state index contributed by atoms with van der Waals surface area (Å²) in [5.74, 6) is 1.55. The van der Waals surface area contributed by atoms with Gasteiger partial charge in [-0.15, -0.1) is 0 Å². The topological polar surface area (TPSA) is 37.8 Å². The van der Waals surface area contributed by atoms with Crippen LogP contribution in [0.25, 0.3) is 0 Å². The molecule has 0 aliphatic rings. The molecule has 0 atom stereocenters. The lowest BCUT2D eigenvalue weighted by Crippen LogP contribution is -2.06. The molecule has 21 heavy (non-hydrogen) atoms. The summed E-state index contributed by atoms with van der Waals surface area (Å²) in [4.78, 5) is 9.17. The second kappa shape index (κ2) is 7.43. The van der Waals surface area contributed by atoms with E-state index in [1.54, 1.807) is 6.07 Å². The molecule has 0 unspecified atom stereocenters. The molecular formula is C15H16BrCl2N3. The maximum Gasteiger partial charge on any atom is 0.144 e. The minimum atomic E-state index is 0.578. The lowest BCUT2D eigenvalue weighted by molar-refractivity contribution is 0.835. The van der Waals surface area contributed by atoms with Crippen molar-refractivity contribution in [1.82, 2.24) is 9.97 Å². The van der Waals surface area contributed by atoms with E-state index < -0.39 is 0 Å². The molecule has 0 amide bonds. The first kappa shape index (κ1) is 16.5. The van der Waals surface area contributed by atoms with Gasteiger partial charge in [-0.25, -0.2) is 9.97 Å². The molecule has 0 saturated heterocycles. The van der Waals surface area contributed by atoms with Gasteiger partial charge in [0.1, 0.15) is 11.6 Å². The number of hydrogen-bond donors (Lipinski definition) is 1. The summed E-state index contributed by atoms with van der Waals surface area (Å²) >= 11 is 15.7. The number of aryl methyl sites for hydroxylation is 1. The summed E-state index contributed by atoms with van der Waals surface area (Å²) in [6.45, 7) is 2.13. The highest BCUT2D eigenvalue weighted by Gasteiger charge is 2.12. The van der Waals surface area contributed by atoms with E-state index in [4.69, 9.17) is 23.2 Å². The fourth-order valence-corrected chi connectivity index (χ4v) is 3.08. The van der Waals surface area contributed by atoms with Gasteiger partial charge in [-0.05, 0) is 40.0 Å². The van der Waals surface area contributed by atoms with Crippen LogP contribution in [0.2, 0.25) is 10.0 Å². The van der Waals surface area contributed by atoms with Crippen molar-refractivity contribution in [3.63, 3.8) is 0 Å². The number of rotatable bonds is 5. The van der Waals surface area contributed by atoms with Gasteiger partial charge in [-0.3, -0.25) is 0 Å².